The molecule has 0 bridgehead atoms. The van der Waals surface area contributed by atoms with Gasteiger partial charge in [-0.1, -0.05) is 30.3 Å². The predicted octanol–water partition coefficient (Wildman–Crippen LogP) is 4.06. The van der Waals surface area contributed by atoms with E-state index in [1.807, 2.05) is 54.6 Å². The Bertz CT molecular complexity index is 583. The van der Waals surface area contributed by atoms with Crippen LogP contribution in [-0.4, -0.2) is 5.17 Å². The van der Waals surface area contributed by atoms with Crippen LogP contribution in [0.1, 0.15) is 0 Å². The number of hydrogen-bond donors (Lipinski definition) is 1. The molecule has 86 valence electrons. The molecule has 0 fully saturated rings. The van der Waals surface area contributed by atoms with Crippen LogP contribution in [-0.2, 0) is 0 Å². The van der Waals surface area contributed by atoms with Gasteiger partial charge in [0.1, 0.15) is 5.75 Å². The number of benzene rings is 2. The smallest absolute Gasteiger partial charge is 0.243 e. The van der Waals surface area contributed by atoms with Crippen molar-refractivity contribution < 1.29 is 4.74 Å². The van der Waals surface area contributed by atoms with Crippen LogP contribution in [0.5, 0.6) is 5.75 Å². The summed E-state index contributed by atoms with van der Waals surface area (Å²) in [6.45, 7) is 0. The number of para-hydroxylation sites is 2. The van der Waals surface area contributed by atoms with E-state index in [4.69, 9.17) is 15.4 Å². The first-order valence-corrected chi connectivity index (χ1v) is 7.26. The zero-order chi connectivity index (χ0) is 11.7. The largest absolute Gasteiger partial charge is 0.435 e. The first-order valence-electron chi connectivity index (χ1n) is 5.21. The molecule has 1 atom stereocenters. The van der Waals surface area contributed by atoms with Gasteiger partial charge in [-0.15, -0.1) is 0 Å². The van der Waals surface area contributed by atoms with Gasteiger partial charge in [0, 0.05) is 4.90 Å². The monoisotopic (exact) mass is 263 g/mol. The molecule has 0 saturated heterocycles. The number of hydrogen-bond acceptors (Lipinski definition) is 2. The van der Waals surface area contributed by atoms with Gasteiger partial charge in [-0.2, -0.15) is 0 Å². The number of rotatable bonds is 1. The molecule has 17 heavy (non-hydrogen) atoms. The Hall–Kier alpha value is -1.45. The number of anilines is 1. The molecule has 0 aromatic heterocycles. The van der Waals surface area contributed by atoms with Gasteiger partial charge >= 0.3 is 0 Å². The van der Waals surface area contributed by atoms with E-state index < -0.39 is 9.70 Å². The topological polar surface area (TPSA) is 21.3 Å². The molecule has 2 aromatic rings. The van der Waals surface area contributed by atoms with Crippen molar-refractivity contribution in [1.29, 1.82) is 0 Å². The fourth-order valence-electron chi connectivity index (χ4n) is 1.64. The molecule has 1 heterocycles. The standard InChI is InChI=1S/C13H10ClNOS/c14-17-12-9-5-4-8-11(12)15-13(17)16-10-6-2-1-3-7-10/h1-9,15H. The van der Waals surface area contributed by atoms with Crippen molar-refractivity contribution in [3.8, 4) is 5.75 Å². The Morgan fingerprint density at radius 1 is 0.941 bits per heavy atom. The highest BCUT2D eigenvalue weighted by Crippen LogP contribution is 2.43. The minimum atomic E-state index is -0.531. The number of fused-ring (bicyclic) bond motifs is 1. The maximum absolute atomic E-state index is 6.36. The van der Waals surface area contributed by atoms with Gasteiger partial charge in [-0.3, -0.25) is 0 Å². The molecule has 2 aromatic carbocycles. The van der Waals surface area contributed by atoms with Crippen LogP contribution in [0.25, 0.3) is 0 Å². The summed E-state index contributed by atoms with van der Waals surface area (Å²) in [5, 5.41) is 3.90. The van der Waals surface area contributed by atoms with Crippen LogP contribution < -0.4 is 10.1 Å². The summed E-state index contributed by atoms with van der Waals surface area (Å²) < 4.78 is 5.76. The number of nitrogens with one attached hydrogen (secondary N) is 1. The molecule has 1 aliphatic rings. The highest BCUT2D eigenvalue weighted by atomic mass is 35.7. The van der Waals surface area contributed by atoms with E-state index in [1.165, 1.54) is 0 Å². The normalized spacial score (nSPS) is 17.5. The highest BCUT2D eigenvalue weighted by molar-refractivity contribution is 8.35. The lowest BCUT2D eigenvalue weighted by molar-refractivity contribution is 0.563. The lowest BCUT2D eigenvalue weighted by Gasteiger charge is -2.07. The lowest BCUT2D eigenvalue weighted by atomic mass is 10.3. The van der Waals surface area contributed by atoms with E-state index in [2.05, 4.69) is 5.32 Å². The van der Waals surface area contributed by atoms with Crippen LogP contribution in [0.3, 0.4) is 0 Å². The van der Waals surface area contributed by atoms with E-state index in [0.29, 0.717) is 5.17 Å². The van der Waals surface area contributed by atoms with Crippen LogP contribution in [0, 0.1) is 0 Å². The molecule has 3 rings (SSSR count). The number of ether oxygens (including phenoxy) is 1. The molecule has 1 unspecified atom stereocenters. The average Bonchev–Trinajstić information content (AvgIpc) is 2.68. The van der Waals surface area contributed by atoms with Gasteiger partial charge in [0.05, 0.1) is 5.69 Å². The van der Waals surface area contributed by atoms with Gasteiger partial charge < -0.3 is 10.1 Å². The Morgan fingerprint density at radius 2 is 1.65 bits per heavy atom. The van der Waals surface area contributed by atoms with Crippen molar-refractivity contribution in [3.05, 3.63) is 54.6 Å². The number of halogens is 1. The Kier molecular flexibility index (Phi) is 2.79. The summed E-state index contributed by atoms with van der Waals surface area (Å²) in [7, 11) is 5.83. The Balaban J connectivity index is 1.90. The predicted molar refractivity (Wildman–Crippen MR) is 73.9 cm³/mol. The van der Waals surface area contributed by atoms with Gasteiger partial charge in [0.2, 0.25) is 5.17 Å². The second kappa shape index (κ2) is 4.43. The van der Waals surface area contributed by atoms with Crippen LogP contribution in [0.2, 0.25) is 0 Å². The molecule has 0 amide bonds. The minimum Gasteiger partial charge on any atom is -0.435 e. The molecule has 1 N–H and O–H groups in total. The van der Waals surface area contributed by atoms with E-state index in [0.717, 1.165) is 16.3 Å². The van der Waals surface area contributed by atoms with Crippen molar-refractivity contribution in [2.24, 2.45) is 0 Å². The first-order chi connectivity index (χ1) is 8.34. The van der Waals surface area contributed by atoms with Crippen molar-refractivity contribution >= 4 is 31.2 Å². The SMILES string of the molecule is ClS1=C(Oc2ccccc2)Nc2ccccc21. The Morgan fingerprint density at radius 3 is 2.41 bits per heavy atom. The summed E-state index contributed by atoms with van der Waals surface area (Å²) in [4.78, 5) is 1.08. The Labute approximate surface area is 107 Å². The maximum Gasteiger partial charge on any atom is 0.243 e. The quantitative estimate of drug-likeness (QED) is 0.784. The molecule has 4 heteroatoms. The molecule has 1 aliphatic heterocycles. The van der Waals surface area contributed by atoms with Gasteiger partial charge in [-0.05, 0) is 44.6 Å². The minimum absolute atomic E-state index is 0.531. The molecular weight excluding hydrogens is 254 g/mol. The first kappa shape index (κ1) is 10.7. The molecule has 0 saturated carbocycles. The van der Waals surface area contributed by atoms with Crippen LogP contribution in [0.15, 0.2) is 59.5 Å². The van der Waals surface area contributed by atoms with Crippen molar-refractivity contribution in [3.63, 3.8) is 0 Å². The van der Waals surface area contributed by atoms with Gasteiger partial charge in [0.15, 0.2) is 0 Å². The van der Waals surface area contributed by atoms with Gasteiger partial charge in [0.25, 0.3) is 0 Å². The molecule has 0 radical (unpaired) electrons. The second-order valence-corrected chi connectivity index (χ2v) is 5.83. The lowest BCUT2D eigenvalue weighted by Crippen LogP contribution is -2.14. The highest BCUT2D eigenvalue weighted by Gasteiger charge is 2.20. The van der Waals surface area contributed by atoms with Crippen LogP contribution >= 0.6 is 20.4 Å². The summed E-state index contributed by atoms with van der Waals surface area (Å²) in [6, 6.07) is 17.6. The van der Waals surface area contributed by atoms with E-state index in [9.17, 15) is 0 Å². The fraction of sp³-hybridized carbons (Fsp3) is 0. The molecular formula is C13H10ClNOS. The fourth-order valence-corrected chi connectivity index (χ4v) is 3.33. The summed E-state index contributed by atoms with van der Waals surface area (Å²) in [5.41, 5.74) is 1.02. The summed E-state index contributed by atoms with van der Waals surface area (Å²) >= 11 is 0. The second-order valence-electron chi connectivity index (χ2n) is 3.58. The van der Waals surface area contributed by atoms with Crippen molar-refractivity contribution in [2.45, 2.75) is 4.90 Å². The van der Waals surface area contributed by atoms with Crippen LogP contribution in [0.4, 0.5) is 5.69 Å². The zero-order valence-corrected chi connectivity index (χ0v) is 10.5. The zero-order valence-electron chi connectivity index (χ0n) is 8.89. The third kappa shape index (κ3) is 2.04. The third-order valence-corrected chi connectivity index (χ3v) is 4.61. The molecule has 0 spiro atoms. The van der Waals surface area contributed by atoms with Gasteiger partial charge in [-0.25, -0.2) is 0 Å². The van der Waals surface area contributed by atoms with E-state index in [-0.39, 0.29) is 0 Å². The average molecular weight is 264 g/mol. The third-order valence-electron chi connectivity index (χ3n) is 2.43. The van der Waals surface area contributed by atoms with E-state index in [1.54, 1.807) is 0 Å². The van der Waals surface area contributed by atoms with Crippen molar-refractivity contribution in [1.82, 2.24) is 0 Å². The summed E-state index contributed by atoms with van der Waals surface area (Å²) in [5.74, 6) is 0.793. The van der Waals surface area contributed by atoms with Crippen molar-refractivity contribution in [2.75, 3.05) is 5.32 Å². The maximum atomic E-state index is 6.36. The molecule has 0 aliphatic carbocycles. The summed E-state index contributed by atoms with van der Waals surface area (Å²) in [6.07, 6.45) is 0. The van der Waals surface area contributed by atoms with E-state index >= 15 is 0 Å². The molecule has 2 nitrogen and oxygen atoms in total.